The molecule has 0 saturated carbocycles. The quantitative estimate of drug-likeness (QED) is 0.263. The highest BCUT2D eigenvalue weighted by atomic mass is 16.4. The minimum Gasteiger partial charge on any atom is -0.480 e. The van der Waals surface area contributed by atoms with Gasteiger partial charge in [-0.1, -0.05) is 20.3 Å². The summed E-state index contributed by atoms with van der Waals surface area (Å²) in [5.74, 6) is -2.42. The van der Waals surface area contributed by atoms with Crippen molar-refractivity contribution in [3.8, 4) is 0 Å². The van der Waals surface area contributed by atoms with Gasteiger partial charge in [-0.2, -0.15) is 0 Å². The summed E-state index contributed by atoms with van der Waals surface area (Å²) in [5.41, 5.74) is 11.3. The fourth-order valence-corrected chi connectivity index (χ4v) is 3.45. The van der Waals surface area contributed by atoms with Gasteiger partial charge in [0.15, 0.2) is 0 Å². The van der Waals surface area contributed by atoms with Gasteiger partial charge >= 0.3 is 5.97 Å². The van der Waals surface area contributed by atoms with Gasteiger partial charge in [0.05, 0.1) is 6.04 Å². The Morgan fingerprint density at radius 2 is 1.83 bits per heavy atom. The Morgan fingerprint density at radius 1 is 1.17 bits per heavy atom. The number of likely N-dealkylation sites (tertiary alicyclic amines) is 1. The number of hydrogen-bond acceptors (Lipinski definition) is 6. The van der Waals surface area contributed by atoms with Crippen LogP contribution in [0.5, 0.6) is 0 Å². The molecule has 0 aliphatic carbocycles. The van der Waals surface area contributed by atoms with Gasteiger partial charge in [-0.05, 0) is 51.5 Å². The summed E-state index contributed by atoms with van der Waals surface area (Å²) >= 11 is 0. The third-order valence-electron chi connectivity index (χ3n) is 5.69. The summed E-state index contributed by atoms with van der Waals surface area (Å²) in [6.07, 6.45) is 3.34. The summed E-state index contributed by atoms with van der Waals surface area (Å²) in [5, 5.41) is 14.5. The van der Waals surface area contributed by atoms with Gasteiger partial charge in [0.2, 0.25) is 17.7 Å². The number of carboxylic acid groups (broad SMARTS) is 1. The number of rotatable bonds is 12. The first-order valence-corrected chi connectivity index (χ1v) is 10.7. The minimum atomic E-state index is -1.11. The number of aliphatic carboxylic acids is 1. The van der Waals surface area contributed by atoms with Crippen molar-refractivity contribution in [2.45, 2.75) is 83.5 Å². The Balaban J connectivity index is 2.72. The molecule has 10 heteroatoms. The van der Waals surface area contributed by atoms with Crippen LogP contribution in [0.1, 0.15) is 59.3 Å². The number of carbonyl (C=O) groups is 4. The van der Waals surface area contributed by atoms with Crippen molar-refractivity contribution in [3.05, 3.63) is 0 Å². The number of amides is 3. The van der Waals surface area contributed by atoms with Crippen LogP contribution in [0.2, 0.25) is 0 Å². The van der Waals surface area contributed by atoms with E-state index < -0.39 is 42.0 Å². The summed E-state index contributed by atoms with van der Waals surface area (Å²) < 4.78 is 0. The predicted octanol–water partition coefficient (Wildman–Crippen LogP) is -0.446. The van der Waals surface area contributed by atoms with E-state index in [1.807, 2.05) is 13.8 Å². The average Bonchev–Trinajstić information content (AvgIpc) is 3.20. The van der Waals surface area contributed by atoms with E-state index in [-0.39, 0.29) is 18.2 Å². The molecule has 1 aliphatic heterocycles. The molecule has 1 rings (SSSR count). The van der Waals surface area contributed by atoms with Gasteiger partial charge in [0.1, 0.15) is 18.1 Å². The lowest BCUT2D eigenvalue weighted by molar-refractivity contribution is -0.145. The van der Waals surface area contributed by atoms with E-state index in [0.717, 1.165) is 6.42 Å². The van der Waals surface area contributed by atoms with E-state index in [0.29, 0.717) is 38.8 Å². The zero-order valence-electron chi connectivity index (χ0n) is 18.2. The van der Waals surface area contributed by atoms with Crippen molar-refractivity contribution >= 4 is 23.7 Å². The lowest BCUT2D eigenvalue weighted by Gasteiger charge is -2.29. The van der Waals surface area contributed by atoms with Gasteiger partial charge in [-0.25, -0.2) is 4.79 Å². The third-order valence-corrected chi connectivity index (χ3v) is 5.69. The van der Waals surface area contributed by atoms with Gasteiger partial charge in [0, 0.05) is 6.54 Å². The minimum absolute atomic E-state index is 0.0233. The second-order valence-corrected chi connectivity index (χ2v) is 8.02. The second-order valence-electron chi connectivity index (χ2n) is 8.02. The zero-order chi connectivity index (χ0) is 22.8. The van der Waals surface area contributed by atoms with Crippen LogP contribution < -0.4 is 22.1 Å². The number of carbonyl (C=O) groups excluding carboxylic acids is 3. The van der Waals surface area contributed by atoms with E-state index >= 15 is 0 Å². The number of nitrogens with zero attached hydrogens (tertiary/aromatic N) is 1. The van der Waals surface area contributed by atoms with Gasteiger partial charge in [-0.15, -0.1) is 0 Å². The topological polar surface area (TPSA) is 168 Å². The molecule has 0 aromatic carbocycles. The molecule has 0 radical (unpaired) electrons. The van der Waals surface area contributed by atoms with Crippen LogP contribution in [0.4, 0.5) is 0 Å². The molecule has 0 aromatic rings. The molecule has 172 valence electrons. The Bertz CT molecular complexity index is 614. The summed E-state index contributed by atoms with van der Waals surface area (Å²) in [6.45, 7) is 6.18. The average molecular weight is 428 g/mol. The standard InChI is InChI=1S/C20H37N5O5/c1-4-12(2)16(22)18(27)23-13(3)19(28)25-11-7-9-15(25)17(26)24-14(20(29)30)8-5-6-10-21/h12-16H,4-11,21-22H2,1-3H3,(H,23,27)(H,24,26)(H,29,30). The summed E-state index contributed by atoms with van der Waals surface area (Å²) in [6, 6.07) is -3.32. The Kier molecular flexibility index (Phi) is 10.8. The molecule has 5 atom stereocenters. The highest BCUT2D eigenvalue weighted by Gasteiger charge is 2.38. The predicted molar refractivity (Wildman–Crippen MR) is 112 cm³/mol. The van der Waals surface area contributed by atoms with Crippen molar-refractivity contribution < 1.29 is 24.3 Å². The number of unbranched alkanes of at least 4 members (excludes halogenated alkanes) is 1. The van der Waals surface area contributed by atoms with Gasteiger partial charge < -0.3 is 32.1 Å². The molecule has 1 saturated heterocycles. The maximum atomic E-state index is 12.8. The van der Waals surface area contributed by atoms with Crippen LogP contribution in [0.15, 0.2) is 0 Å². The maximum Gasteiger partial charge on any atom is 0.326 e. The first-order chi connectivity index (χ1) is 14.1. The zero-order valence-corrected chi connectivity index (χ0v) is 18.2. The van der Waals surface area contributed by atoms with E-state index in [9.17, 15) is 24.3 Å². The molecule has 0 bridgehead atoms. The largest absolute Gasteiger partial charge is 0.480 e. The van der Waals surface area contributed by atoms with Crippen LogP contribution >= 0.6 is 0 Å². The lowest BCUT2D eigenvalue weighted by Crippen LogP contribution is -2.56. The number of hydrogen-bond donors (Lipinski definition) is 5. The molecule has 10 nitrogen and oxygen atoms in total. The molecule has 5 unspecified atom stereocenters. The number of nitrogens with two attached hydrogens (primary N) is 2. The Labute approximate surface area is 178 Å². The number of nitrogens with one attached hydrogen (secondary N) is 2. The SMILES string of the molecule is CCC(C)C(N)C(=O)NC(C)C(=O)N1CCCC1C(=O)NC(CCCCN)C(=O)O. The van der Waals surface area contributed by atoms with Crippen LogP contribution in [0.3, 0.4) is 0 Å². The summed E-state index contributed by atoms with van der Waals surface area (Å²) in [7, 11) is 0. The maximum absolute atomic E-state index is 12.8. The molecule has 30 heavy (non-hydrogen) atoms. The second kappa shape index (κ2) is 12.5. The molecule has 0 aromatic heterocycles. The van der Waals surface area contributed by atoms with Crippen molar-refractivity contribution in [1.29, 1.82) is 0 Å². The van der Waals surface area contributed by atoms with Gasteiger partial charge in [0.25, 0.3) is 0 Å². The molecule has 1 heterocycles. The van der Waals surface area contributed by atoms with E-state index in [1.165, 1.54) is 4.90 Å². The van der Waals surface area contributed by atoms with Crippen molar-refractivity contribution in [2.24, 2.45) is 17.4 Å². The highest BCUT2D eigenvalue weighted by molar-refractivity contribution is 5.94. The highest BCUT2D eigenvalue weighted by Crippen LogP contribution is 2.19. The molecule has 0 spiro atoms. The van der Waals surface area contributed by atoms with Crippen LogP contribution in [0, 0.1) is 5.92 Å². The fourth-order valence-electron chi connectivity index (χ4n) is 3.45. The normalized spacial score (nSPS) is 20.2. The van der Waals surface area contributed by atoms with Gasteiger partial charge in [-0.3, -0.25) is 14.4 Å². The van der Waals surface area contributed by atoms with Crippen molar-refractivity contribution in [3.63, 3.8) is 0 Å². The number of carboxylic acids is 1. The lowest BCUT2D eigenvalue weighted by atomic mass is 9.99. The van der Waals surface area contributed by atoms with E-state index in [4.69, 9.17) is 11.5 Å². The van der Waals surface area contributed by atoms with Crippen LogP contribution in [-0.2, 0) is 19.2 Å². The molecule has 1 aliphatic rings. The molecular weight excluding hydrogens is 390 g/mol. The van der Waals surface area contributed by atoms with E-state index in [2.05, 4.69) is 10.6 Å². The Hall–Kier alpha value is -2.20. The third kappa shape index (κ3) is 7.24. The molecule has 3 amide bonds. The van der Waals surface area contributed by atoms with Crippen molar-refractivity contribution in [1.82, 2.24) is 15.5 Å². The molecular formula is C20H37N5O5. The van der Waals surface area contributed by atoms with Crippen LogP contribution in [0.25, 0.3) is 0 Å². The molecule has 7 N–H and O–H groups in total. The van der Waals surface area contributed by atoms with E-state index in [1.54, 1.807) is 6.92 Å². The first kappa shape index (κ1) is 25.8. The first-order valence-electron chi connectivity index (χ1n) is 10.7. The Morgan fingerprint density at radius 3 is 2.40 bits per heavy atom. The smallest absolute Gasteiger partial charge is 0.326 e. The summed E-state index contributed by atoms with van der Waals surface area (Å²) in [4.78, 5) is 50.7. The van der Waals surface area contributed by atoms with Crippen LogP contribution in [-0.4, -0.2) is 71.0 Å². The molecule has 1 fully saturated rings. The van der Waals surface area contributed by atoms with Crippen molar-refractivity contribution in [2.75, 3.05) is 13.1 Å². The fraction of sp³-hybridized carbons (Fsp3) is 0.800. The monoisotopic (exact) mass is 427 g/mol.